The van der Waals surface area contributed by atoms with Gasteiger partial charge in [0.05, 0.1) is 13.2 Å². The zero-order valence-electron chi connectivity index (χ0n) is 9.82. The van der Waals surface area contributed by atoms with Gasteiger partial charge in [0.2, 0.25) is 0 Å². The summed E-state index contributed by atoms with van der Waals surface area (Å²) >= 11 is 0. The lowest BCUT2D eigenvalue weighted by Gasteiger charge is -2.27. The van der Waals surface area contributed by atoms with Crippen LogP contribution >= 0.6 is 0 Å². The van der Waals surface area contributed by atoms with Crippen molar-refractivity contribution in [3.63, 3.8) is 0 Å². The van der Waals surface area contributed by atoms with Crippen LogP contribution in [0.15, 0.2) is 24.3 Å². The van der Waals surface area contributed by atoms with Gasteiger partial charge in [-0.2, -0.15) is 0 Å². The summed E-state index contributed by atoms with van der Waals surface area (Å²) in [6.45, 7) is 1.83. The molecule has 94 valence electrons. The van der Waals surface area contributed by atoms with Crippen molar-refractivity contribution >= 4 is 0 Å². The molecule has 0 spiro atoms. The van der Waals surface area contributed by atoms with E-state index in [1.165, 1.54) is 12.1 Å². The minimum absolute atomic E-state index is 0.246. The highest BCUT2D eigenvalue weighted by atomic mass is 19.1. The van der Waals surface area contributed by atoms with Crippen LogP contribution in [0.2, 0.25) is 0 Å². The van der Waals surface area contributed by atoms with Crippen LogP contribution in [0, 0.1) is 5.82 Å². The Morgan fingerprint density at radius 3 is 2.35 bits per heavy atom. The maximum absolute atomic E-state index is 12.9. The van der Waals surface area contributed by atoms with Crippen LogP contribution in [0.5, 0.6) is 0 Å². The van der Waals surface area contributed by atoms with E-state index in [4.69, 9.17) is 15.2 Å². The van der Waals surface area contributed by atoms with Crippen molar-refractivity contribution in [3.8, 4) is 0 Å². The second kappa shape index (κ2) is 5.58. The molecular formula is C13H18FNO2. The Hall–Kier alpha value is -0.970. The average molecular weight is 239 g/mol. The van der Waals surface area contributed by atoms with E-state index in [-0.39, 0.29) is 5.82 Å². The summed E-state index contributed by atoms with van der Waals surface area (Å²) in [5.74, 6) is -0.938. The summed E-state index contributed by atoms with van der Waals surface area (Å²) in [6, 6.07) is 6.32. The molecule has 1 heterocycles. The highest BCUT2D eigenvalue weighted by Crippen LogP contribution is 2.36. The van der Waals surface area contributed by atoms with Crippen molar-refractivity contribution in [2.45, 2.75) is 25.0 Å². The van der Waals surface area contributed by atoms with Crippen molar-refractivity contribution in [1.82, 2.24) is 0 Å². The van der Waals surface area contributed by atoms with E-state index in [0.29, 0.717) is 19.8 Å². The number of nitrogens with two attached hydrogens (primary N) is 1. The van der Waals surface area contributed by atoms with Crippen molar-refractivity contribution in [3.05, 3.63) is 35.6 Å². The van der Waals surface area contributed by atoms with Gasteiger partial charge in [-0.1, -0.05) is 12.1 Å². The predicted molar refractivity (Wildman–Crippen MR) is 62.9 cm³/mol. The van der Waals surface area contributed by atoms with Crippen LogP contribution < -0.4 is 5.73 Å². The van der Waals surface area contributed by atoms with E-state index in [9.17, 15) is 4.39 Å². The Bertz CT molecular complexity index is 347. The van der Waals surface area contributed by atoms with Crippen LogP contribution in [0.3, 0.4) is 0 Å². The molecule has 1 aromatic carbocycles. The topological polar surface area (TPSA) is 44.5 Å². The van der Waals surface area contributed by atoms with Crippen LogP contribution in [-0.4, -0.2) is 19.8 Å². The minimum Gasteiger partial charge on any atom is -0.343 e. The van der Waals surface area contributed by atoms with Gasteiger partial charge in [-0.15, -0.1) is 0 Å². The van der Waals surface area contributed by atoms with Crippen LogP contribution in [0.4, 0.5) is 4.39 Å². The molecule has 0 amide bonds. The van der Waals surface area contributed by atoms with Crippen molar-refractivity contribution in [2.75, 3.05) is 19.8 Å². The van der Waals surface area contributed by atoms with Crippen LogP contribution in [0.25, 0.3) is 0 Å². The maximum atomic E-state index is 12.9. The van der Waals surface area contributed by atoms with Gasteiger partial charge in [-0.25, -0.2) is 4.39 Å². The zero-order chi connectivity index (χ0) is 12.1. The summed E-state index contributed by atoms with van der Waals surface area (Å²) in [6.07, 6.45) is 2.64. The standard InChI is InChI=1S/C13H18FNO2/c14-12-5-3-11(4-6-12)13(7-1-2-8-15)16-9-10-17-13/h3-6H,1-2,7-10,15H2. The third kappa shape index (κ3) is 2.83. The summed E-state index contributed by atoms with van der Waals surface area (Å²) < 4.78 is 24.4. The number of benzene rings is 1. The molecule has 0 atom stereocenters. The molecule has 0 saturated carbocycles. The molecule has 17 heavy (non-hydrogen) atoms. The molecule has 1 fully saturated rings. The minimum atomic E-state index is -0.692. The van der Waals surface area contributed by atoms with E-state index >= 15 is 0 Å². The van der Waals surface area contributed by atoms with Crippen molar-refractivity contribution < 1.29 is 13.9 Å². The summed E-state index contributed by atoms with van der Waals surface area (Å²) in [4.78, 5) is 0. The molecule has 1 aromatic rings. The highest BCUT2D eigenvalue weighted by molar-refractivity contribution is 5.21. The van der Waals surface area contributed by atoms with Gasteiger partial charge in [0.25, 0.3) is 0 Å². The lowest BCUT2D eigenvalue weighted by atomic mass is 9.99. The zero-order valence-corrected chi connectivity index (χ0v) is 9.82. The largest absolute Gasteiger partial charge is 0.343 e. The van der Waals surface area contributed by atoms with E-state index in [1.54, 1.807) is 12.1 Å². The number of halogens is 1. The number of unbranched alkanes of at least 4 members (excludes halogenated alkanes) is 1. The molecule has 0 aromatic heterocycles. The molecule has 0 radical (unpaired) electrons. The molecule has 3 nitrogen and oxygen atoms in total. The summed E-state index contributed by atoms with van der Waals surface area (Å²) in [5.41, 5.74) is 6.37. The summed E-state index contributed by atoms with van der Waals surface area (Å²) in [7, 11) is 0. The first-order valence-corrected chi connectivity index (χ1v) is 6.01. The molecule has 1 aliphatic heterocycles. The Morgan fingerprint density at radius 2 is 1.76 bits per heavy atom. The monoisotopic (exact) mass is 239 g/mol. The molecule has 0 unspecified atom stereocenters. The molecule has 1 aliphatic rings. The quantitative estimate of drug-likeness (QED) is 0.801. The van der Waals surface area contributed by atoms with E-state index in [1.807, 2.05) is 0 Å². The van der Waals surface area contributed by atoms with Gasteiger partial charge >= 0.3 is 0 Å². The maximum Gasteiger partial charge on any atom is 0.194 e. The second-order valence-electron chi connectivity index (χ2n) is 4.20. The highest BCUT2D eigenvalue weighted by Gasteiger charge is 2.37. The first-order valence-electron chi connectivity index (χ1n) is 6.01. The second-order valence-corrected chi connectivity index (χ2v) is 4.20. The first kappa shape index (κ1) is 12.5. The Morgan fingerprint density at radius 1 is 1.12 bits per heavy atom. The van der Waals surface area contributed by atoms with Gasteiger partial charge in [-0.05, 0) is 31.5 Å². The van der Waals surface area contributed by atoms with Gasteiger partial charge < -0.3 is 15.2 Å². The average Bonchev–Trinajstić information content (AvgIpc) is 2.80. The van der Waals surface area contributed by atoms with Gasteiger partial charge in [-0.3, -0.25) is 0 Å². The Balaban J connectivity index is 2.12. The van der Waals surface area contributed by atoms with Gasteiger partial charge in [0.15, 0.2) is 5.79 Å². The number of ether oxygens (including phenoxy) is 2. The van der Waals surface area contributed by atoms with Crippen molar-refractivity contribution in [2.24, 2.45) is 5.73 Å². The molecule has 2 N–H and O–H groups in total. The Labute approximate surface area is 101 Å². The number of hydrogen-bond acceptors (Lipinski definition) is 3. The number of rotatable bonds is 5. The molecular weight excluding hydrogens is 221 g/mol. The fourth-order valence-electron chi connectivity index (χ4n) is 2.12. The fraction of sp³-hybridized carbons (Fsp3) is 0.538. The van der Waals surface area contributed by atoms with Gasteiger partial charge in [0.1, 0.15) is 5.82 Å². The molecule has 0 aliphatic carbocycles. The smallest absolute Gasteiger partial charge is 0.194 e. The molecule has 4 heteroatoms. The third-order valence-corrected chi connectivity index (χ3v) is 3.00. The summed E-state index contributed by atoms with van der Waals surface area (Å²) in [5, 5.41) is 0. The Kier molecular flexibility index (Phi) is 4.10. The lowest BCUT2D eigenvalue weighted by molar-refractivity contribution is -0.171. The van der Waals surface area contributed by atoms with E-state index in [0.717, 1.165) is 24.8 Å². The molecule has 0 bridgehead atoms. The van der Waals surface area contributed by atoms with Crippen LogP contribution in [0.1, 0.15) is 24.8 Å². The first-order chi connectivity index (χ1) is 8.27. The van der Waals surface area contributed by atoms with E-state index < -0.39 is 5.79 Å². The molecule has 2 rings (SSSR count). The third-order valence-electron chi connectivity index (χ3n) is 3.00. The number of hydrogen-bond donors (Lipinski definition) is 1. The fourth-order valence-corrected chi connectivity index (χ4v) is 2.12. The SMILES string of the molecule is NCCCCC1(c2ccc(F)cc2)OCCO1. The van der Waals surface area contributed by atoms with Crippen molar-refractivity contribution in [1.29, 1.82) is 0 Å². The molecule has 1 saturated heterocycles. The lowest BCUT2D eigenvalue weighted by Crippen LogP contribution is -2.27. The van der Waals surface area contributed by atoms with Gasteiger partial charge in [0, 0.05) is 12.0 Å². The van der Waals surface area contributed by atoms with Crippen LogP contribution in [-0.2, 0) is 15.3 Å². The normalized spacial score (nSPS) is 18.5. The van der Waals surface area contributed by atoms with E-state index in [2.05, 4.69) is 0 Å². The predicted octanol–water partition coefficient (Wildman–Crippen LogP) is 2.15.